The average Bonchev–Trinajstić information content (AvgIpc) is 2.84. The predicted octanol–water partition coefficient (Wildman–Crippen LogP) is 0.858. The highest BCUT2D eigenvalue weighted by atomic mass is 16.7. The SMILES string of the molecule is CCOC(=O)COc1cc2c(cc1CCN)OCO2. The van der Waals surface area contributed by atoms with Crippen LogP contribution in [0.15, 0.2) is 12.1 Å². The monoisotopic (exact) mass is 267 g/mol. The summed E-state index contributed by atoms with van der Waals surface area (Å²) in [5, 5.41) is 0. The molecule has 6 heteroatoms. The number of rotatable bonds is 6. The highest BCUT2D eigenvalue weighted by Gasteiger charge is 2.18. The van der Waals surface area contributed by atoms with Gasteiger partial charge < -0.3 is 24.7 Å². The van der Waals surface area contributed by atoms with E-state index in [4.69, 9.17) is 24.7 Å². The molecule has 19 heavy (non-hydrogen) atoms. The van der Waals surface area contributed by atoms with Crippen LogP contribution in [0.2, 0.25) is 0 Å². The molecule has 0 saturated carbocycles. The van der Waals surface area contributed by atoms with E-state index >= 15 is 0 Å². The molecule has 0 saturated heterocycles. The van der Waals surface area contributed by atoms with Crippen molar-refractivity contribution in [3.8, 4) is 17.2 Å². The van der Waals surface area contributed by atoms with Crippen molar-refractivity contribution >= 4 is 5.97 Å². The maximum Gasteiger partial charge on any atom is 0.344 e. The molecule has 0 spiro atoms. The Labute approximate surface area is 111 Å². The summed E-state index contributed by atoms with van der Waals surface area (Å²) in [6.45, 7) is 2.62. The Hall–Kier alpha value is -1.95. The summed E-state index contributed by atoms with van der Waals surface area (Å²) >= 11 is 0. The molecule has 0 aromatic heterocycles. The molecule has 1 aliphatic rings. The van der Waals surface area contributed by atoms with Gasteiger partial charge in [-0.15, -0.1) is 0 Å². The van der Waals surface area contributed by atoms with E-state index in [0.717, 1.165) is 5.56 Å². The van der Waals surface area contributed by atoms with Crippen LogP contribution >= 0.6 is 0 Å². The molecule has 6 nitrogen and oxygen atoms in total. The standard InChI is InChI=1S/C13H17NO5/c1-2-16-13(15)7-17-10-6-12-11(18-8-19-12)5-9(10)3-4-14/h5-6H,2-4,7-8,14H2,1H3. The molecule has 2 rings (SSSR count). The van der Waals surface area contributed by atoms with E-state index < -0.39 is 5.97 Å². The molecular weight excluding hydrogens is 250 g/mol. The van der Waals surface area contributed by atoms with Gasteiger partial charge in [-0.3, -0.25) is 0 Å². The Bertz CT molecular complexity index is 461. The number of carbonyl (C=O) groups excluding carboxylic acids is 1. The zero-order valence-corrected chi connectivity index (χ0v) is 10.8. The number of hydrogen-bond donors (Lipinski definition) is 1. The van der Waals surface area contributed by atoms with Gasteiger partial charge in [-0.05, 0) is 31.5 Å². The fourth-order valence-electron chi connectivity index (χ4n) is 1.79. The van der Waals surface area contributed by atoms with E-state index in [0.29, 0.717) is 36.8 Å². The fourth-order valence-corrected chi connectivity index (χ4v) is 1.79. The molecule has 0 unspecified atom stereocenters. The Balaban J connectivity index is 2.11. The van der Waals surface area contributed by atoms with Gasteiger partial charge in [0.2, 0.25) is 6.79 Å². The van der Waals surface area contributed by atoms with Gasteiger partial charge in [-0.2, -0.15) is 0 Å². The lowest BCUT2D eigenvalue weighted by Gasteiger charge is -2.11. The van der Waals surface area contributed by atoms with E-state index in [-0.39, 0.29) is 13.4 Å². The number of ether oxygens (including phenoxy) is 4. The highest BCUT2D eigenvalue weighted by molar-refractivity contribution is 5.71. The van der Waals surface area contributed by atoms with Crippen molar-refractivity contribution in [3.05, 3.63) is 17.7 Å². The molecule has 0 bridgehead atoms. The molecule has 0 aliphatic carbocycles. The molecule has 104 valence electrons. The van der Waals surface area contributed by atoms with Crippen molar-refractivity contribution in [3.63, 3.8) is 0 Å². The lowest BCUT2D eigenvalue weighted by Crippen LogP contribution is -2.15. The Morgan fingerprint density at radius 3 is 2.79 bits per heavy atom. The Kier molecular flexibility index (Phi) is 4.46. The first-order chi connectivity index (χ1) is 9.24. The van der Waals surface area contributed by atoms with Crippen LogP contribution in [-0.4, -0.2) is 32.5 Å². The van der Waals surface area contributed by atoms with Crippen molar-refractivity contribution < 1.29 is 23.7 Å². The highest BCUT2D eigenvalue weighted by Crippen LogP contribution is 2.38. The van der Waals surface area contributed by atoms with Gasteiger partial charge in [-0.25, -0.2) is 4.79 Å². The zero-order valence-electron chi connectivity index (χ0n) is 10.8. The summed E-state index contributed by atoms with van der Waals surface area (Å²) in [6.07, 6.45) is 0.634. The second-order valence-electron chi connectivity index (χ2n) is 3.95. The first kappa shape index (κ1) is 13.5. The second-order valence-corrected chi connectivity index (χ2v) is 3.95. The van der Waals surface area contributed by atoms with Crippen LogP contribution in [0.25, 0.3) is 0 Å². The molecule has 0 radical (unpaired) electrons. The third kappa shape index (κ3) is 3.29. The summed E-state index contributed by atoms with van der Waals surface area (Å²) in [4.78, 5) is 11.3. The largest absolute Gasteiger partial charge is 0.481 e. The molecule has 0 fully saturated rings. The number of carbonyl (C=O) groups is 1. The predicted molar refractivity (Wildman–Crippen MR) is 67.5 cm³/mol. The minimum atomic E-state index is -0.404. The van der Waals surface area contributed by atoms with Gasteiger partial charge in [0.05, 0.1) is 6.61 Å². The Morgan fingerprint density at radius 1 is 1.37 bits per heavy atom. The minimum Gasteiger partial charge on any atom is -0.481 e. The van der Waals surface area contributed by atoms with Crippen LogP contribution in [0, 0.1) is 0 Å². The van der Waals surface area contributed by atoms with Crippen LogP contribution in [0.5, 0.6) is 17.2 Å². The molecule has 2 N–H and O–H groups in total. The maximum atomic E-state index is 11.3. The van der Waals surface area contributed by atoms with Crippen molar-refractivity contribution in [1.29, 1.82) is 0 Å². The normalized spacial score (nSPS) is 12.3. The third-order valence-electron chi connectivity index (χ3n) is 2.62. The van der Waals surface area contributed by atoms with E-state index in [2.05, 4.69) is 0 Å². The molecule has 0 atom stereocenters. The van der Waals surface area contributed by atoms with Crippen LogP contribution in [-0.2, 0) is 16.0 Å². The fraction of sp³-hybridized carbons (Fsp3) is 0.462. The van der Waals surface area contributed by atoms with Gasteiger partial charge in [0.25, 0.3) is 0 Å². The quantitative estimate of drug-likeness (QED) is 0.770. The summed E-state index contributed by atoms with van der Waals surface area (Å²) in [5.41, 5.74) is 6.44. The van der Waals surface area contributed by atoms with E-state index in [1.165, 1.54) is 0 Å². The van der Waals surface area contributed by atoms with Crippen LogP contribution in [0.3, 0.4) is 0 Å². The van der Waals surface area contributed by atoms with Crippen molar-refractivity contribution in [1.82, 2.24) is 0 Å². The second kappa shape index (κ2) is 6.29. The first-order valence-electron chi connectivity index (χ1n) is 6.15. The molecule has 0 amide bonds. The van der Waals surface area contributed by atoms with Crippen LogP contribution in [0.1, 0.15) is 12.5 Å². The summed E-state index contributed by atoms with van der Waals surface area (Å²) < 4.78 is 20.8. The van der Waals surface area contributed by atoms with Crippen molar-refractivity contribution in [2.75, 3.05) is 26.6 Å². The summed E-state index contributed by atoms with van der Waals surface area (Å²) in [7, 11) is 0. The summed E-state index contributed by atoms with van der Waals surface area (Å²) in [5.74, 6) is 1.45. The summed E-state index contributed by atoms with van der Waals surface area (Å²) in [6, 6.07) is 3.54. The molecule has 1 aromatic carbocycles. The van der Waals surface area contributed by atoms with Gasteiger partial charge in [0.1, 0.15) is 5.75 Å². The number of nitrogens with two attached hydrogens (primary N) is 1. The number of fused-ring (bicyclic) bond motifs is 1. The number of benzene rings is 1. The van der Waals surface area contributed by atoms with E-state index in [9.17, 15) is 4.79 Å². The number of hydrogen-bond acceptors (Lipinski definition) is 6. The molecule has 1 aliphatic heterocycles. The van der Waals surface area contributed by atoms with E-state index in [1.807, 2.05) is 6.07 Å². The smallest absolute Gasteiger partial charge is 0.344 e. The van der Waals surface area contributed by atoms with Gasteiger partial charge in [0.15, 0.2) is 18.1 Å². The average molecular weight is 267 g/mol. The zero-order chi connectivity index (χ0) is 13.7. The molecular formula is C13H17NO5. The number of esters is 1. The van der Waals surface area contributed by atoms with Gasteiger partial charge in [0, 0.05) is 6.07 Å². The van der Waals surface area contributed by atoms with Crippen LogP contribution in [0.4, 0.5) is 0 Å². The van der Waals surface area contributed by atoms with Crippen LogP contribution < -0.4 is 19.9 Å². The topological polar surface area (TPSA) is 80.0 Å². The first-order valence-corrected chi connectivity index (χ1v) is 6.15. The molecule has 1 heterocycles. The van der Waals surface area contributed by atoms with Gasteiger partial charge >= 0.3 is 5.97 Å². The maximum absolute atomic E-state index is 11.3. The molecule has 1 aromatic rings. The minimum absolute atomic E-state index is 0.134. The van der Waals surface area contributed by atoms with Crippen molar-refractivity contribution in [2.45, 2.75) is 13.3 Å². The van der Waals surface area contributed by atoms with Gasteiger partial charge in [-0.1, -0.05) is 0 Å². The lowest BCUT2D eigenvalue weighted by atomic mass is 10.1. The van der Waals surface area contributed by atoms with E-state index in [1.54, 1.807) is 13.0 Å². The third-order valence-corrected chi connectivity index (χ3v) is 2.62. The lowest BCUT2D eigenvalue weighted by molar-refractivity contribution is -0.145. The van der Waals surface area contributed by atoms with Crippen molar-refractivity contribution in [2.24, 2.45) is 5.73 Å². The Morgan fingerprint density at radius 2 is 2.11 bits per heavy atom.